The maximum Gasteiger partial charge on any atom is 0.408 e. The Morgan fingerprint density at radius 2 is 1.88 bits per heavy atom. The molecule has 57 heavy (non-hydrogen) atoms. The van der Waals surface area contributed by atoms with Gasteiger partial charge in [0.2, 0.25) is 27.7 Å². The lowest BCUT2D eigenvalue weighted by molar-refractivity contribution is -0.142. The fraction of sp³-hybridized carbons (Fsp3) is 0.625. The van der Waals surface area contributed by atoms with Crippen molar-refractivity contribution in [1.29, 1.82) is 0 Å². The highest BCUT2D eigenvalue weighted by atomic mass is 32.2. The molecule has 6 rings (SSSR count). The van der Waals surface area contributed by atoms with Crippen LogP contribution in [0.5, 0.6) is 11.6 Å². The number of benzene rings is 1. The van der Waals surface area contributed by atoms with Gasteiger partial charge in [0.25, 0.3) is 5.91 Å². The van der Waals surface area contributed by atoms with Crippen molar-refractivity contribution in [3.05, 3.63) is 42.4 Å². The Kier molecular flexibility index (Phi) is 11.8. The summed E-state index contributed by atoms with van der Waals surface area (Å²) < 4.78 is 72.9. The third-order valence-corrected chi connectivity index (χ3v) is 13.4. The smallest absolute Gasteiger partial charge is 0.408 e. The van der Waals surface area contributed by atoms with Crippen LogP contribution in [0.1, 0.15) is 86.5 Å². The van der Waals surface area contributed by atoms with Crippen molar-refractivity contribution in [2.75, 3.05) is 19.8 Å². The van der Waals surface area contributed by atoms with E-state index in [-0.39, 0.29) is 56.4 Å². The summed E-state index contributed by atoms with van der Waals surface area (Å²) in [4.78, 5) is 62.0. The van der Waals surface area contributed by atoms with Crippen LogP contribution in [0.4, 0.5) is 13.6 Å². The first-order valence-electron chi connectivity index (χ1n) is 19.6. The first-order valence-corrected chi connectivity index (χ1v) is 21.1. The van der Waals surface area contributed by atoms with Crippen LogP contribution < -0.4 is 24.8 Å². The van der Waals surface area contributed by atoms with Crippen LogP contribution in [-0.4, -0.2) is 96.0 Å². The second-order valence-corrected chi connectivity index (χ2v) is 19.1. The van der Waals surface area contributed by atoms with E-state index < -0.39 is 92.2 Å². The molecule has 3 heterocycles. The number of sulfonamides is 1. The summed E-state index contributed by atoms with van der Waals surface area (Å²) in [5.41, 5.74) is -2.56. The molecular weight excluding hydrogens is 765 g/mol. The monoisotopic (exact) mass is 817 g/mol. The van der Waals surface area contributed by atoms with Gasteiger partial charge in [-0.3, -0.25) is 19.1 Å². The molecule has 2 saturated carbocycles. The summed E-state index contributed by atoms with van der Waals surface area (Å²) in [6, 6.07) is 2.04. The summed E-state index contributed by atoms with van der Waals surface area (Å²) in [6.07, 6.45) is 5.40. The SMILES string of the molecule is CCOc1cc2ccnc(O[C@@H]3C[C@H]4C(=O)N[C@]5(C(=O)NS(=O)(=O)C6(CF)CC6)C[C@H]5/C=C\CC[C@H](C)C[C@@H](C)[C@H](NC(=O)OC(C)(C)C)C(=O)N4C3)c2cc1F. The second kappa shape index (κ2) is 16.0. The highest BCUT2D eigenvalue weighted by Gasteiger charge is 2.64. The molecule has 0 radical (unpaired) electrons. The van der Waals surface area contributed by atoms with Crippen molar-refractivity contribution in [2.24, 2.45) is 17.8 Å². The Balaban J connectivity index is 1.35. The molecule has 312 valence electrons. The van der Waals surface area contributed by atoms with E-state index in [0.29, 0.717) is 30.0 Å². The number of carbonyl (C=O) groups is 4. The number of pyridine rings is 1. The van der Waals surface area contributed by atoms with E-state index in [1.807, 2.05) is 19.9 Å². The van der Waals surface area contributed by atoms with E-state index in [2.05, 4.69) is 20.3 Å². The Morgan fingerprint density at radius 1 is 1.14 bits per heavy atom. The van der Waals surface area contributed by atoms with Gasteiger partial charge in [-0.2, -0.15) is 0 Å². The molecule has 1 aromatic carbocycles. The zero-order valence-electron chi connectivity index (χ0n) is 33.2. The quantitative estimate of drug-likeness (QED) is 0.296. The van der Waals surface area contributed by atoms with Gasteiger partial charge in [-0.1, -0.05) is 26.0 Å². The summed E-state index contributed by atoms with van der Waals surface area (Å²) in [5, 5.41) is 6.45. The molecule has 2 aliphatic heterocycles. The van der Waals surface area contributed by atoms with Gasteiger partial charge in [-0.05, 0) is 102 Å². The Bertz CT molecular complexity index is 2040. The van der Waals surface area contributed by atoms with Gasteiger partial charge in [0, 0.05) is 23.9 Å². The van der Waals surface area contributed by atoms with Crippen molar-refractivity contribution in [2.45, 2.75) is 121 Å². The minimum absolute atomic E-state index is 0.0518. The molecule has 3 N–H and O–H groups in total. The normalized spacial score (nSPS) is 29.4. The van der Waals surface area contributed by atoms with E-state index in [1.165, 1.54) is 23.2 Å². The van der Waals surface area contributed by atoms with Crippen molar-refractivity contribution in [3.8, 4) is 11.6 Å². The molecule has 1 aromatic heterocycles. The first kappa shape index (κ1) is 42.1. The van der Waals surface area contributed by atoms with Gasteiger partial charge in [0.05, 0.1) is 13.2 Å². The van der Waals surface area contributed by atoms with Crippen LogP contribution in [0, 0.1) is 23.6 Å². The Hall–Kier alpha value is -4.54. The van der Waals surface area contributed by atoms with Crippen LogP contribution in [0.2, 0.25) is 0 Å². The molecule has 2 aromatic rings. The Labute approximate surface area is 331 Å². The molecule has 1 saturated heterocycles. The maximum absolute atomic E-state index is 15.1. The van der Waals surface area contributed by atoms with Crippen LogP contribution >= 0.6 is 0 Å². The lowest BCUT2D eigenvalue weighted by Crippen LogP contribution is -2.59. The van der Waals surface area contributed by atoms with Gasteiger partial charge < -0.3 is 29.7 Å². The minimum atomic E-state index is -4.41. The van der Waals surface area contributed by atoms with Crippen LogP contribution in [0.3, 0.4) is 0 Å². The third-order valence-electron chi connectivity index (χ3n) is 11.3. The van der Waals surface area contributed by atoms with Gasteiger partial charge in [0.1, 0.15) is 40.7 Å². The molecule has 7 atom stereocenters. The molecule has 4 amide bonds. The standard InChI is InChI=1S/C40H53F2N5O9S/c1-7-54-31-17-25-12-15-43-34(28(25)19-29(31)42)55-27-18-30-33(48)45-40(36(50)46-57(52,53)39(22-41)13-14-39)20-26(40)11-9-8-10-23(2)16-24(3)32(35(49)47(30)21-27)44-37(51)56-38(4,5)6/h9,11-12,15,17,19,23-24,26-27,30,32H,7-8,10,13-14,16,18,20-22H2,1-6H3,(H,44,51)(H,45,48)(H,46,50)/b11-9-/t23-,24+,26+,27+,30-,32-,40+/m0/s1. The number of ether oxygens (including phenoxy) is 3. The molecule has 17 heteroatoms. The van der Waals surface area contributed by atoms with Gasteiger partial charge in [0.15, 0.2) is 11.6 Å². The number of allylic oxidation sites excluding steroid dienone is 1. The van der Waals surface area contributed by atoms with Crippen LogP contribution in [-0.2, 0) is 29.1 Å². The number of alkyl halides is 1. The van der Waals surface area contributed by atoms with Crippen molar-refractivity contribution in [3.63, 3.8) is 0 Å². The fourth-order valence-electron chi connectivity index (χ4n) is 7.85. The lowest BCUT2D eigenvalue weighted by Gasteiger charge is -2.33. The molecule has 0 spiro atoms. The van der Waals surface area contributed by atoms with Gasteiger partial charge in [-0.15, -0.1) is 0 Å². The number of alkyl carbamates (subject to hydrolysis) is 1. The maximum atomic E-state index is 15.1. The molecular formula is C40H53F2N5O9S. The average molecular weight is 818 g/mol. The molecule has 3 fully saturated rings. The summed E-state index contributed by atoms with van der Waals surface area (Å²) in [5.74, 6) is -3.77. The summed E-state index contributed by atoms with van der Waals surface area (Å²) in [7, 11) is -4.41. The molecule has 14 nitrogen and oxygen atoms in total. The highest BCUT2D eigenvalue weighted by molar-refractivity contribution is 7.91. The first-order chi connectivity index (χ1) is 26.8. The second-order valence-electron chi connectivity index (χ2n) is 17.0. The van der Waals surface area contributed by atoms with Crippen molar-refractivity contribution < 1.29 is 50.6 Å². The molecule has 4 aliphatic rings. The number of nitrogens with one attached hydrogen (secondary N) is 3. The number of fused-ring (bicyclic) bond motifs is 3. The minimum Gasteiger partial charge on any atom is -0.491 e. The number of amides is 4. The average Bonchev–Trinajstić information content (AvgIpc) is 4.03. The van der Waals surface area contributed by atoms with Crippen LogP contribution in [0.15, 0.2) is 36.5 Å². The van der Waals surface area contributed by atoms with E-state index in [4.69, 9.17) is 14.2 Å². The Morgan fingerprint density at radius 3 is 2.54 bits per heavy atom. The van der Waals surface area contributed by atoms with Gasteiger partial charge in [-0.25, -0.2) is 27.0 Å². The fourth-order valence-corrected chi connectivity index (χ4v) is 9.28. The third kappa shape index (κ3) is 8.97. The number of carbonyl (C=O) groups excluding carboxylic acids is 4. The highest BCUT2D eigenvalue weighted by Crippen LogP contribution is 2.48. The number of hydrogen-bond acceptors (Lipinski definition) is 10. The summed E-state index contributed by atoms with van der Waals surface area (Å²) >= 11 is 0. The molecule has 0 bridgehead atoms. The van der Waals surface area contributed by atoms with E-state index >= 15 is 4.39 Å². The number of nitrogens with zero attached hydrogens (tertiary/aromatic N) is 2. The summed E-state index contributed by atoms with van der Waals surface area (Å²) in [6.45, 7) is 9.64. The van der Waals surface area contributed by atoms with Crippen molar-refractivity contribution >= 4 is 44.6 Å². The molecule has 0 unspecified atom stereocenters. The van der Waals surface area contributed by atoms with Gasteiger partial charge >= 0.3 is 6.09 Å². The topological polar surface area (TPSA) is 182 Å². The van der Waals surface area contributed by atoms with E-state index in [0.717, 1.165) is 0 Å². The number of halogens is 2. The number of aromatic nitrogens is 1. The molecule has 2 aliphatic carbocycles. The van der Waals surface area contributed by atoms with Crippen molar-refractivity contribution in [1.82, 2.24) is 25.2 Å². The number of rotatable bonds is 9. The number of hydrogen-bond donors (Lipinski definition) is 3. The van der Waals surface area contributed by atoms with E-state index in [1.54, 1.807) is 39.8 Å². The largest absolute Gasteiger partial charge is 0.491 e. The zero-order chi connectivity index (χ0) is 41.5. The predicted octanol–water partition coefficient (Wildman–Crippen LogP) is 4.85. The predicted molar refractivity (Wildman–Crippen MR) is 206 cm³/mol. The lowest BCUT2D eigenvalue weighted by atomic mass is 9.88. The van der Waals surface area contributed by atoms with E-state index in [9.17, 15) is 32.0 Å². The van der Waals surface area contributed by atoms with Crippen LogP contribution in [0.25, 0.3) is 10.8 Å². The zero-order valence-corrected chi connectivity index (χ0v) is 34.0.